The van der Waals surface area contributed by atoms with Crippen LogP contribution in [0.1, 0.15) is 50.5 Å². The molecule has 2 saturated carbocycles. The number of carbonyl (C=O) groups excluding carboxylic acids is 2. The van der Waals surface area contributed by atoms with Crippen molar-refractivity contribution in [1.82, 2.24) is 10.3 Å². The maximum Gasteiger partial charge on any atom is 0.334 e. The number of methoxy groups -OCH3 is 1. The minimum Gasteiger partial charge on any atom is -0.467 e. The molecule has 2 aromatic rings. The summed E-state index contributed by atoms with van der Waals surface area (Å²) in [6.07, 6.45) is 10.6. The smallest absolute Gasteiger partial charge is 0.334 e. The van der Waals surface area contributed by atoms with Crippen LogP contribution in [0.4, 0.5) is 22.9 Å². The highest BCUT2D eigenvalue weighted by Gasteiger charge is 2.49. The van der Waals surface area contributed by atoms with Gasteiger partial charge in [0, 0.05) is 36.6 Å². The third-order valence-electron chi connectivity index (χ3n) is 7.83. The normalized spacial score (nSPS) is 18.7. The van der Waals surface area contributed by atoms with Gasteiger partial charge in [0.2, 0.25) is 5.82 Å². The van der Waals surface area contributed by atoms with Crippen LogP contribution in [-0.2, 0) is 20.7 Å². The van der Waals surface area contributed by atoms with Crippen LogP contribution < -0.4 is 16.0 Å². The molecule has 0 saturated heterocycles. The summed E-state index contributed by atoms with van der Waals surface area (Å²) in [5.74, 6) is 0.489. The van der Waals surface area contributed by atoms with Gasteiger partial charge in [-0.25, -0.2) is 9.78 Å². The molecule has 0 unspecified atom stereocenters. The summed E-state index contributed by atoms with van der Waals surface area (Å²) in [6.45, 7) is 0.709. The monoisotopic (exact) mass is 519 g/mol. The molecule has 0 aliphatic heterocycles. The third kappa shape index (κ3) is 5.34. The zero-order valence-electron chi connectivity index (χ0n) is 21.5. The van der Waals surface area contributed by atoms with Gasteiger partial charge in [-0.3, -0.25) is 14.9 Å². The predicted molar refractivity (Wildman–Crippen MR) is 143 cm³/mol. The largest absolute Gasteiger partial charge is 0.467 e. The van der Waals surface area contributed by atoms with Crippen molar-refractivity contribution in [2.75, 3.05) is 24.3 Å². The van der Waals surface area contributed by atoms with E-state index in [2.05, 4.69) is 20.9 Å². The second kappa shape index (κ2) is 10.8. The lowest BCUT2D eigenvalue weighted by Crippen LogP contribution is -2.52. The van der Waals surface area contributed by atoms with E-state index < -0.39 is 22.3 Å². The van der Waals surface area contributed by atoms with E-state index in [0.29, 0.717) is 30.3 Å². The van der Waals surface area contributed by atoms with E-state index in [1.807, 2.05) is 12.1 Å². The number of ether oxygens (including phenoxy) is 1. The molecule has 1 aromatic carbocycles. The van der Waals surface area contributed by atoms with Crippen LogP contribution in [0.25, 0.3) is 0 Å². The Balaban J connectivity index is 1.27. The molecule has 2 fully saturated rings. The molecule has 1 atom stereocenters. The number of carbonyl (C=O) groups is 2. The fourth-order valence-electron chi connectivity index (χ4n) is 5.38. The SMILES string of the molecule is COC(=O)[C@H](Cc1ccc(Nc2nccc(NCC3CC3)c2[N+](=O)[O-])cc1)NC1=CC(=O)C12CCCCC2. The molecule has 5 rings (SSSR count). The van der Waals surface area contributed by atoms with Gasteiger partial charge in [-0.05, 0) is 55.4 Å². The number of allylic oxidation sites excluding steroid dienone is 2. The van der Waals surface area contributed by atoms with Gasteiger partial charge in [0.1, 0.15) is 11.7 Å². The number of esters is 1. The van der Waals surface area contributed by atoms with Gasteiger partial charge in [-0.2, -0.15) is 0 Å². The van der Waals surface area contributed by atoms with E-state index >= 15 is 0 Å². The highest BCUT2D eigenvalue weighted by Crippen LogP contribution is 2.48. The van der Waals surface area contributed by atoms with E-state index in [1.165, 1.54) is 7.11 Å². The van der Waals surface area contributed by atoms with Gasteiger partial charge < -0.3 is 20.7 Å². The van der Waals surface area contributed by atoms with Crippen molar-refractivity contribution in [1.29, 1.82) is 0 Å². The number of ketones is 1. The standard InChI is InChI=1S/C28H33N5O5/c1-38-27(35)22(32-23-16-24(34)28(23)12-3-2-4-13-28)15-18-7-9-20(10-8-18)31-26-25(33(36)37)21(11-14-29-26)30-17-19-5-6-19/h7-11,14,16,19,22,32H,2-6,12-13,15,17H2,1H3,(H2,29,30,31)/t22-/m0/s1. The molecule has 1 heterocycles. The number of pyridine rings is 1. The Morgan fingerprint density at radius 2 is 1.92 bits per heavy atom. The number of nitro groups is 1. The lowest BCUT2D eigenvalue weighted by Gasteiger charge is -2.44. The zero-order valence-corrected chi connectivity index (χ0v) is 21.5. The summed E-state index contributed by atoms with van der Waals surface area (Å²) in [7, 11) is 1.36. The topological polar surface area (TPSA) is 135 Å². The van der Waals surface area contributed by atoms with Crippen molar-refractivity contribution < 1.29 is 19.2 Å². The first-order valence-corrected chi connectivity index (χ1v) is 13.2. The molecule has 200 valence electrons. The van der Waals surface area contributed by atoms with Gasteiger partial charge in [0.05, 0.1) is 17.4 Å². The van der Waals surface area contributed by atoms with E-state index in [-0.39, 0.29) is 17.3 Å². The maximum absolute atomic E-state index is 12.6. The van der Waals surface area contributed by atoms with Crippen molar-refractivity contribution in [2.24, 2.45) is 11.3 Å². The first-order chi connectivity index (χ1) is 18.4. The number of nitrogens with zero attached hydrogens (tertiary/aromatic N) is 2. The predicted octanol–water partition coefficient (Wildman–Crippen LogP) is 4.65. The number of hydrogen-bond donors (Lipinski definition) is 3. The van der Waals surface area contributed by atoms with Gasteiger partial charge in [-0.15, -0.1) is 0 Å². The molecule has 1 aromatic heterocycles. The number of anilines is 3. The quantitative estimate of drug-likeness (QED) is 0.220. The second-order valence-corrected chi connectivity index (χ2v) is 10.4. The Hall–Kier alpha value is -3.95. The summed E-state index contributed by atoms with van der Waals surface area (Å²) in [5, 5.41) is 21.4. The Labute approximate surface area is 221 Å². The number of hydrogen-bond acceptors (Lipinski definition) is 9. The molecular formula is C28H33N5O5. The minimum absolute atomic E-state index is 0.0906. The number of rotatable bonds is 11. The van der Waals surface area contributed by atoms with Crippen LogP contribution in [-0.4, -0.2) is 41.4 Å². The van der Waals surface area contributed by atoms with Crippen LogP contribution in [0.2, 0.25) is 0 Å². The van der Waals surface area contributed by atoms with Crippen LogP contribution in [0, 0.1) is 21.4 Å². The minimum atomic E-state index is -0.631. The summed E-state index contributed by atoms with van der Waals surface area (Å²) in [5.41, 5.74) is 2.24. The average molecular weight is 520 g/mol. The fraction of sp³-hybridized carbons (Fsp3) is 0.464. The van der Waals surface area contributed by atoms with Crippen LogP contribution in [0.15, 0.2) is 48.3 Å². The number of nitrogens with one attached hydrogen (secondary N) is 3. The first-order valence-electron chi connectivity index (χ1n) is 13.2. The lowest BCUT2D eigenvalue weighted by molar-refractivity contribution is -0.383. The molecule has 0 amide bonds. The van der Waals surface area contributed by atoms with Crippen molar-refractivity contribution in [3.8, 4) is 0 Å². The van der Waals surface area contributed by atoms with E-state index in [4.69, 9.17) is 4.74 Å². The van der Waals surface area contributed by atoms with Crippen molar-refractivity contribution in [3.05, 3.63) is 64.0 Å². The van der Waals surface area contributed by atoms with Gasteiger partial charge in [0.15, 0.2) is 5.78 Å². The molecule has 0 bridgehead atoms. The zero-order chi connectivity index (χ0) is 26.7. The first kappa shape index (κ1) is 25.7. The van der Waals surface area contributed by atoms with Crippen LogP contribution in [0.5, 0.6) is 0 Å². The van der Waals surface area contributed by atoms with Crippen molar-refractivity contribution >= 4 is 34.6 Å². The average Bonchev–Trinajstić information content (AvgIpc) is 3.76. The summed E-state index contributed by atoms with van der Waals surface area (Å²) >= 11 is 0. The number of aromatic nitrogens is 1. The molecule has 3 aliphatic rings. The van der Waals surface area contributed by atoms with E-state index in [0.717, 1.165) is 56.2 Å². The van der Waals surface area contributed by atoms with Gasteiger partial charge >= 0.3 is 11.7 Å². The molecule has 10 nitrogen and oxygen atoms in total. The van der Waals surface area contributed by atoms with Crippen LogP contribution >= 0.6 is 0 Å². The Bertz CT molecular complexity index is 1250. The molecule has 3 aliphatic carbocycles. The summed E-state index contributed by atoms with van der Waals surface area (Å²) in [6, 6.07) is 8.31. The van der Waals surface area contributed by atoms with E-state index in [9.17, 15) is 19.7 Å². The summed E-state index contributed by atoms with van der Waals surface area (Å²) in [4.78, 5) is 40.6. The number of benzene rings is 1. The van der Waals surface area contributed by atoms with Crippen LogP contribution in [0.3, 0.4) is 0 Å². The highest BCUT2D eigenvalue weighted by atomic mass is 16.6. The molecule has 0 radical (unpaired) electrons. The molecule has 38 heavy (non-hydrogen) atoms. The molecular weight excluding hydrogens is 486 g/mol. The second-order valence-electron chi connectivity index (χ2n) is 10.4. The molecule has 1 spiro atoms. The van der Waals surface area contributed by atoms with E-state index in [1.54, 1.807) is 30.5 Å². The lowest BCUT2D eigenvalue weighted by atomic mass is 9.62. The Morgan fingerprint density at radius 1 is 1.18 bits per heavy atom. The highest BCUT2D eigenvalue weighted by molar-refractivity contribution is 6.05. The Kier molecular flexibility index (Phi) is 7.31. The maximum atomic E-state index is 12.6. The van der Waals surface area contributed by atoms with Gasteiger partial charge in [0.25, 0.3) is 0 Å². The molecule has 10 heteroatoms. The van der Waals surface area contributed by atoms with Crippen molar-refractivity contribution in [2.45, 2.75) is 57.4 Å². The molecule has 3 N–H and O–H groups in total. The van der Waals surface area contributed by atoms with Gasteiger partial charge in [-0.1, -0.05) is 31.4 Å². The van der Waals surface area contributed by atoms with Crippen molar-refractivity contribution in [3.63, 3.8) is 0 Å². The fourth-order valence-corrected chi connectivity index (χ4v) is 5.38. The third-order valence-corrected chi connectivity index (χ3v) is 7.83. The summed E-state index contributed by atoms with van der Waals surface area (Å²) < 4.78 is 5.04. The Morgan fingerprint density at radius 3 is 2.55 bits per heavy atom.